The molecule has 104 valence electrons. The summed E-state index contributed by atoms with van der Waals surface area (Å²) in [5.74, 6) is -0.778. The van der Waals surface area contributed by atoms with Crippen molar-refractivity contribution in [1.82, 2.24) is 9.88 Å². The Morgan fingerprint density at radius 3 is 2.80 bits per heavy atom. The Morgan fingerprint density at radius 2 is 2.10 bits per heavy atom. The summed E-state index contributed by atoms with van der Waals surface area (Å²) < 4.78 is 1.95. The van der Waals surface area contributed by atoms with Crippen molar-refractivity contribution < 1.29 is 14.7 Å². The zero-order valence-corrected chi connectivity index (χ0v) is 11.4. The van der Waals surface area contributed by atoms with E-state index in [-0.39, 0.29) is 23.4 Å². The lowest BCUT2D eigenvalue weighted by molar-refractivity contribution is 0.0696. The van der Waals surface area contributed by atoms with Crippen molar-refractivity contribution in [2.75, 3.05) is 6.54 Å². The van der Waals surface area contributed by atoms with Crippen LogP contribution in [0.25, 0.3) is 10.9 Å². The summed E-state index contributed by atoms with van der Waals surface area (Å²) in [4.78, 5) is 23.3. The summed E-state index contributed by atoms with van der Waals surface area (Å²) in [6, 6.07) is 6.92. The van der Waals surface area contributed by atoms with Crippen molar-refractivity contribution >= 4 is 22.8 Å². The molecule has 3 rings (SSSR count). The number of carbonyl (C=O) groups excluding carboxylic acids is 1. The number of nitrogens with zero attached hydrogens (tertiary/aromatic N) is 1. The van der Waals surface area contributed by atoms with Crippen LogP contribution < -0.4 is 5.32 Å². The third kappa shape index (κ3) is 1.78. The average molecular weight is 272 g/mol. The van der Waals surface area contributed by atoms with Crippen LogP contribution in [0.2, 0.25) is 0 Å². The molecule has 5 heteroatoms. The maximum Gasteiger partial charge on any atom is 0.335 e. The smallest absolute Gasteiger partial charge is 0.335 e. The first-order valence-corrected chi connectivity index (χ1v) is 6.65. The third-order valence-corrected chi connectivity index (χ3v) is 4.14. The van der Waals surface area contributed by atoms with E-state index in [0.29, 0.717) is 12.2 Å². The molecule has 2 N–H and O–H groups in total. The molecule has 1 aliphatic rings. The van der Waals surface area contributed by atoms with Gasteiger partial charge < -0.3 is 15.0 Å². The molecule has 20 heavy (non-hydrogen) atoms. The maximum absolute atomic E-state index is 12.1. The van der Waals surface area contributed by atoms with E-state index in [0.717, 1.165) is 10.9 Å². The molecule has 0 saturated heterocycles. The Morgan fingerprint density at radius 1 is 1.35 bits per heavy atom. The first kappa shape index (κ1) is 12.7. The number of hydrogen-bond acceptors (Lipinski definition) is 2. The zero-order valence-electron chi connectivity index (χ0n) is 11.4. The molecule has 1 aromatic carbocycles. The summed E-state index contributed by atoms with van der Waals surface area (Å²) in [6.45, 7) is 4.76. The lowest BCUT2D eigenvalue weighted by Gasteiger charge is -2.20. The van der Waals surface area contributed by atoms with E-state index in [2.05, 4.69) is 19.2 Å². The number of benzene rings is 1. The van der Waals surface area contributed by atoms with Crippen LogP contribution >= 0.6 is 0 Å². The minimum Gasteiger partial charge on any atom is -0.478 e. The van der Waals surface area contributed by atoms with Gasteiger partial charge in [0.25, 0.3) is 5.91 Å². The number of hydrogen-bond donors (Lipinski definition) is 2. The van der Waals surface area contributed by atoms with Gasteiger partial charge in [0, 0.05) is 23.5 Å². The molecule has 0 spiro atoms. The summed E-state index contributed by atoms with van der Waals surface area (Å²) in [5, 5.41) is 12.9. The van der Waals surface area contributed by atoms with Crippen LogP contribution in [0, 0.1) is 5.92 Å². The Hall–Kier alpha value is -2.30. The highest BCUT2D eigenvalue weighted by Crippen LogP contribution is 2.30. The van der Waals surface area contributed by atoms with Gasteiger partial charge in [-0.1, -0.05) is 13.0 Å². The molecule has 2 atom stereocenters. The highest BCUT2D eigenvalue weighted by atomic mass is 16.4. The molecule has 2 heterocycles. The summed E-state index contributed by atoms with van der Waals surface area (Å²) in [7, 11) is 0. The van der Waals surface area contributed by atoms with Gasteiger partial charge >= 0.3 is 5.97 Å². The maximum atomic E-state index is 12.1. The van der Waals surface area contributed by atoms with Crippen LogP contribution in [0.4, 0.5) is 0 Å². The number of carboxylic acid groups (broad SMARTS) is 1. The van der Waals surface area contributed by atoms with Gasteiger partial charge in [-0.2, -0.15) is 0 Å². The molecule has 1 aromatic heterocycles. The minimum atomic E-state index is -0.957. The van der Waals surface area contributed by atoms with Gasteiger partial charge in [0.2, 0.25) is 0 Å². The fraction of sp³-hybridized carbons (Fsp3) is 0.333. The predicted molar refractivity (Wildman–Crippen MR) is 75.1 cm³/mol. The Labute approximate surface area is 116 Å². The van der Waals surface area contributed by atoms with Crippen LogP contribution in [0.15, 0.2) is 24.3 Å². The molecule has 0 unspecified atom stereocenters. The fourth-order valence-corrected chi connectivity index (χ4v) is 2.74. The average Bonchev–Trinajstić information content (AvgIpc) is 2.77. The van der Waals surface area contributed by atoms with Crippen molar-refractivity contribution in [3.63, 3.8) is 0 Å². The van der Waals surface area contributed by atoms with Gasteiger partial charge in [0.15, 0.2) is 0 Å². The molecular weight excluding hydrogens is 256 g/mol. The summed E-state index contributed by atoms with van der Waals surface area (Å²) in [5.41, 5.74) is 1.64. The van der Waals surface area contributed by atoms with Crippen LogP contribution in [0.5, 0.6) is 0 Å². The predicted octanol–water partition coefficient (Wildman–Crippen LogP) is 2.28. The molecule has 5 nitrogen and oxygen atoms in total. The van der Waals surface area contributed by atoms with Crippen molar-refractivity contribution in [3.8, 4) is 0 Å². The number of aromatic carboxylic acids is 1. The lowest BCUT2D eigenvalue weighted by atomic mass is 10.0. The Balaban J connectivity index is 2.30. The number of amides is 1. The van der Waals surface area contributed by atoms with Crippen molar-refractivity contribution in [2.24, 2.45) is 5.92 Å². The summed E-state index contributed by atoms with van der Waals surface area (Å²) >= 11 is 0. The van der Waals surface area contributed by atoms with E-state index in [9.17, 15) is 9.59 Å². The fourth-order valence-electron chi connectivity index (χ4n) is 2.74. The first-order valence-electron chi connectivity index (χ1n) is 6.65. The monoisotopic (exact) mass is 272 g/mol. The summed E-state index contributed by atoms with van der Waals surface area (Å²) in [6.07, 6.45) is 0. The Kier molecular flexibility index (Phi) is 2.78. The second kappa shape index (κ2) is 4.37. The van der Waals surface area contributed by atoms with Gasteiger partial charge in [-0.05, 0) is 31.0 Å². The molecule has 0 fully saturated rings. The molecule has 1 amide bonds. The minimum absolute atomic E-state index is 0.103. The van der Waals surface area contributed by atoms with Crippen molar-refractivity contribution in [2.45, 2.75) is 19.9 Å². The van der Waals surface area contributed by atoms with E-state index in [1.165, 1.54) is 0 Å². The highest BCUT2D eigenvalue weighted by Gasteiger charge is 2.27. The normalized spacial score (nSPS) is 22.2. The first-order chi connectivity index (χ1) is 9.49. The molecular formula is C15H16N2O3. The zero-order chi connectivity index (χ0) is 14.4. The van der Waals surface area contributed by atoms with E-state index in [1.807, 2.05) is 10.6 Å². The molecule has 0 aliphatic carbocycles. The van der Waals surface area contributed by atoms with E-state index in [1.54, 1.807) is 18.2 Å². The number of carboxylic acids is 1. The van der Waals surface area contributed by atoms with E-state index >= 15 is 0 Å². The lowest BCUT2D eigenvalue weighted by Crippen LogP contribution is -2.26. The topological polar surface area (TPSA) is 71.3 Å². The second-order valence-corrected chi connectivity index (χ2v) is 5.41. The van der Waals surface area contributed by atoms with Gasteiger partial charge in [-0.15, -0.1) is 0 Å². The standard InChI is InChI=1S/C15H16N2O3/c1-8-7-16-14(18)13-5-10-3-4-11(15(19)20)6-12(10)17(13)9(8)2/h3-6,8-9H,7H2,1-2H3,(H,16,18)(H,19,20)/t8-,9-/m0/s1. The Bertz CT molecular complexity index is 717. The van der Waals surface area contributed by atoms with E-state index in [4.69, 9.17) is 5.11 Å². The molecule has 0 bridgehead atoms. The molecule has 2 aromatic rings. The van der Waals surface area contributed by atoms with Crippen LogP contribution in [0.1, 0.15) is 40.7 Å². The SMILES string of the molecule is C[C@H]1CNC(=O)c2cc3ccc(C(=O)O)cc3n2[C@H]1C. The van der Waals surface area contributed by atoms with Gasteiger partial charge in [-0.25, -0.2) is 4.79 Å². The number of nitrogens with one attached hydrogen (secondary N) is 1. The van der Waals surface area contributed by atoms with E-state index < -0.39 is 5.97 Å². The van der Waals surface area contributed by atoms with Gasteiger partial charge in [0.1, 0.15) is 5.69 Å². The molecule has 0 saturated carbocycles. The van der Waals surface area contributed by atoms with Gasteiger partial charge in [0.05, 0.1) is 5.56 Å². The van der Waals surface area contributed by atoms with Crippen molar-refractivity contribution in [3.05, 3.63) is 35.5 Å². The third-order valence-electron chi connectivity index (χ3n) is 4.14. The molecule has 1 aliphatic heterocycles. The largest absolute Gasteiger partial charge is 0.478 e. The molecule has 0 radical (unpaired) electrons. The number of aromatic nitrogens is 1. The van der Waals surface area contributed by atoms with Crippen molar-refractivity contribution in [1.29, 1.82) is 0 Å². The number of fused-ring (bicyclic) bond motifs is 3. The van der Waals surface area contributed by atoms with Gasteiger partial charge in [-0.3, -0.25) is 4.79 Å². The highest BCUT2D eigenvalue weighted by molar-refractivity contribution is 6.01. The van der Waals surface area contributed by atoms with Crippen LogP contribution in [0.3, 0.4) is 0 Å². The number of rotatable bonds is 1. The quantitative estimate of drug-likeness (QED) is 0.836. The van der Waals surface area contributed by atoms with Crippen LogP contribution in [-0.4, -0.2) is 28.1 Å². The second-order valence-electron chi connectivity index (χ2n) is 5.41. The van der Waals surface area contributed by atoms with Crippen LogP contribution in [-0.2, 0) is 0 Å². The number of carbonyl (C=O) groups is 2.